The molecule has 0 spiro atoms. The van der Waals surface area contributed by atoms with Crippen LogP contribution in [-0.4, -0.2) is 30.1 Å². The number of anilines is 1. The maximum Gasteiger partial charge on any atom is 0.410 e. The second-order valence-electron chi connectivity index (χ2n) is 8.04. The van der Waals surface area contributed by atoms with E-state index in [1.165, 1.54) is 30.6 Å². The zero-order chi connectivity index (χ0) is 20.8. The highest BCUT2D eigenvalue weighted by Gasteiger charge is 2.30. The van der Waals surface area contributed by atoms with Gasteiger partial charge in [0.05, 0.1) is 18.7 Å². The van der Waals surface area contributed by atoms with Gasteiger partial charge in [-0.05, 0) is 50.5 Å². The maximum atomic E-state index is 12.8. The highest BCUT2D eigenvalue weighted by atomic mass is 32.1. The molecule has 0 radical (unpaired) electrons. The molecule has 3 rings (SSSR count). The Morgan fingerprint density at radius 1 is 1.28 bits per heavy atom. The molecule has 0 saturated heterocycles. The van der Waals surface area contributed by atoms with Gasteiger partial charge in [-0.3, -0.25) is 4.79 Å². The van der Waals surface area contributed by atoms with Crippen molar-refractivity contribution in [3.63, 3.8) is 0 Å². The van der Waals surface area contributed by atoms with Crippen LogP contribution in [0.25, 0.3) is 0 Å². The number of amides is 2. The van der Waals surface area contributed by atoms with Crippen molar-refractivity contribution in [2.75, 3.05) is 18.5 Å². The lowest BCUT2D eigenvalue weighted by atomic mass is 9.79. The summed E-state index contributed by atoms with van der Waals surface area (Å²) in [6, 6.07) is 2.27. The Balaban J connectivity index is 1.63. The minimum Gasteiger partial charge on any atom is -0.450 e. The van der Waals surface area contributed by atoms with Crippen LogP contribution in [0.1, 0.15) is 74.8 Å². The molecule has 1 aromatic rings. The summed E-state index contributed by atoms with van der Waals surface area (Å²) in [5, 5.41) is 13.3. The quantitative estimate of drug-likeness (QED) is 0.700. The predicted molar refractivity (Wildman–Crippen MR) is 114 cm³/mol. The second-order valence-corrected chi connectivity index (χ2v) is 9.14. The molecule has 1 saturated carbocycles. The van der Waals surface area contributed by atoms with E-state index in [4.69, 9.17) is 4.74 Å². The first-order valence-corrected chi connectivity index (χ1v) is 11.7. The molecule has 2 amide bonds. The second kappa shape index (κ2) is 10.1. The summed E-state index contributed by atoms with van der Waals surface area (Å²) in [4.78, 5) is 27.5. The SMILES string of the molecule is CCCCC1CCC(C(=O)Nc2sc3c(c2C#N)CCN(C(=O)OCC)C3)CC1. The van der Waals surface area contributed by atoms with Crippen molar-refractivity contribution >= 4 is 28.3 Å². The summed E-state index contributed by atoms with van der Waals surface area (Å²) < 4.78 is 5.09. The molecule has 6 nitrogen and oxygen atoms in total. The first-order chi connectivity index (χ1) is 14.1. The molecule has 2 heterocycles. The van der Waals surface area contributed by atoms with E-state index >= 15 is 0 Å². The van der Waals surface area contributed by atoms with Crippen LogP contribution in [0.5, 0.6) is 0 Å². The monoisotopic (exact) mass is 417 g/mol. The molecule has 1 fully saturated rings. The molecule has 0 aromatic carbocycles. The largest absolute Gasteiger partial charge is 0.450 e. The summed E-state index contributed by atoms with van der Waals surface area (Å²) in [6.07, 6.45) is 8.19. The Bertz CT molecular complexity index is 775. The number of fused-ring (bicyclic) bond motifs is 1. The van der Waals surface area contributed by atoms with E-state index in [0.717, 1.165) is 42.0 Å². The number of hydrogen-bond donors (Lipinski definition) is 1. The summed E-state index contributed by atoms with van der Waals surface area (Å²) in [7, 11) is 0. The van der Waals surface area contributed by atoms with Gasteiger partial charge in [-0.15, -0.1) is 11.3 Å². The van der Waals surface area contributed by atoms with Gasteiger partial charge < -0.3 is 15.0 Å². The lowest BCUT2D eigenvalue weighted by molar-refractivity contribution is -0.121. The molecule has 0 bridgehead atoms. The fourth-order valence-electron chi connectivity index (χ4n) is 4.40. The van der Waals surface area contributed by atoms with E-state index < -0.39 is 0 Å². The molecule has 1 N–H and O–H groups in total. The number of nitrogens with one attached hydrogen (secondary N) is 1. The van der Waals surface area contributed by atoms with Gasteiger partial charge >= 0.3 is 6.09 Å². The van der Waals surface area contributed by atoms with Gasteiger partial charge in [0.25, 0.3) is 0 Å². The standard InChI is InChI=1S/C22H31N3O3S/c1-3-5-6-15-7-9-16(10-8-15)20(26)24-21-18(13-23)17-11-12-25(14-19(17)29-21)22(27)28-4-2/h15-16H,3-12,14H2,1-2H3,(H,24,26). The number of carbonyl (C=O) groups is 2. The summed E-state index contributed by atoms with van der Waals surface area (Å²) in [5.74, 6) is 0.836. The minimum absolute atomic E-state index is 0.0366. The molecule has 0 unspecified atom stereocenters. The number of ether oxygens (including phenoxy) is 1. The highest BCUT2D eigenvalue weighted by molar-refractivity contribution is 7.16. The van der Waals surface area contributed by atoms with Crippen molar-refractivity contribution in [2.24, 2.45) is 11.8 Å². The molecule has 7 heteroatoms. The average Bonchev–Trinajstić information content (AvgIpc) is 3.08. The number of hydrogen-bond acceptors (Lipinski definition) is 5. The molecule has 1 aliphatic heterocycles. The van der Waals surface area contributed by atoms with E-state index in [-0.39, 0.29) is 17.9 Å². The third kappa shape index (κ3) is 5.11. The number of rotatable bonds is 6. The lowest BCUT2D eigenvalue weighted by Gasteiger charge is -2.27. The van der Waals surface area contributed by atoms with E-state index in [0.29, 0.717) is 36.7 Å². The van der Waals surface area contributed by atoms with Gasteiger partial charge in [0.15, 0.2) is 0 Å². The van der Waals surface area contributed by atoms with Crippen LogP contribution < -0.4 is 5.32 Å². The molecule has 0 atom stereocenters. The van der Waals surface area contributed by atoms with Crippen LogP contribution in [0.15, 0.2) is 0 Å². The smallest absolute Gasteiger partial charge is 0.410 e. The number of thiophene rings is 1. The molecule has 1 aliphatic carbocycles. The van der Waals surface area contributed by atoms with Crippen LogP contribution in [0.2, 0.25) is 0 Å². The Labute approximate surface area is 177 Å². The van der Waals surface area contributed by atoms with Gasteiger partial charge in [0.1, 0.15) is 11.1 Å². The third-order valence-electron chi connectivity index (χ3n) is 6.11. The average molecular weight is 418 g/mol. The van der Waals surface area contributed by atoms with Gasteiger partial charge in [-0.25, -0.2) is 4.79 Å². The minimum atomic E-state index is -0.324. The van der Waals surface area contributed by atoms with Crippen LogP contribution in [0.3, 0.4) is 0 Å². The Morgan fingerprint density at radius 3 is 2.69 bits per heavy atom. The number of nitrogens with zero attached hydrogens (tertiary/aromatic N) is 2. The van der Waals surface area contributed by atoms with Crippen LogP contribution in [0.4, 0.5) is 9.80 Å². The number of nitriles is 1. The van der Waals surface area contributed by atoms with Crippen LogP contribution >= 0.6 is 11.3 Å². The number of carbonyl (C=O) groups excluding carboxylic acids is 2. The molecule has 2 aliphatic rings. The van der Waals surface area contributed by atoms with Gasteiger partial charge in [-0.2, -0.15) is 5.26 Å². The van der Waals surface area contributed by atoms with E-state index in [2.05, 4.69) is 18.3 Å². The van der Waals surface area contributed by atoms with Gasteiger partial charge in [0, 0.05) is 17.3 Å². The third-order valence-corrected chi connectivity index (χ3v) is 7.25. The van der Waals surface area contributed by atoms with Crippen molar-refractivity contribution in [3.05, 3.63) is 16.0 Å². The van der Waals surface area contributed by atoms with Gasteiger partial charge in [-0.1, -0.05) is 26.2 Å². The maximum absolute atomic E-state index is 12.8. The van der Waals surface area contributed by atoms with Crippen molar-refractivity contribution in [3.8, 4) is 6.07 Å². The Kier molecular flexibility index (Phi) is 7.54. The van der Waals surface area contributed by atoms with Crippen molar-refractivity contribution < 1.29 is 14.3 Å². The molecule has 29 heavy (non-hydrogen) atoms. The molecule has 158 valence electrons. The van der Waals surface area contributed by atoms with Crippen LogP contribution in [0, 0.1) is 23.2 Å². The zero-order valence-corrected chi connectivity index (χ0v) is 18.3. The first-order valence-electron chi connectivity index (χ1n) is 10.8. The zero-order valence-electron chi connectivity index (χ0n) is 17.5. The number of unbranched alkanes of at least 4 members (excludes halogenated alkanes) is 1. The highest BCUT2D eigenvalue weighted by Crippen LogP contribution is 2.38. The fraction of sp³-hybridized carbons (Fsp3) is 0.682. The predicted octanol–water partition coefficient (Wildman–Crippen LogP) is 5.07. The molecular formula is C22H31N3O3S. The molecular weight excluding hydrogens is 386 g/mol. The van der Waals surface area contributed by atoms with Crippen molar-refractivity contribution in [2.45, 2.75) is 71.8 Å². The summed E-state index contributed by atoms with van der Waals surface area (Å²) in [5.41, 5.74) is 1.54. The Morgan fingerprint density at radius 2 is 2.03 bits per heavy atom. The summed E-state index contributed by atoms with van der Waals surface area (Å²) in [6.45, 7) is 5.33. The van der Waals surface area contributed by atoms with Crippen LogP contribution in [-0.2, 0) is 22.5 Å². The topological polar surface area (TPSA) is 82.4 Å². The van der Waals surface area contributed by atoms with E-state index in [9.17, 15) is 14.9 Å². The molecule has 1 aromatic heterocycles. The lowest BCUT2D eigenvalue weighted by Crippen LogP contribution is -2.35. The van der Waals surface area contributed by atoms with E-state index in [1.807, 2.05) is 0 Å². The first kappa shape index (κ1) is 21.6. The van der Waals surface area contributed by atoms with E-state index in [1.54, 1.807) is 11.8 Å². The van der Waals surface area contributed by atoms with Gasteiger partial charge in [0.2, 0.25) is 5.91 Å². The fourth-order valence-corrected chi connectivity index (χ4v) is 5.62. The van der Waals surface area contributed by atoms with Crippen molar-refractivity contribution in [1.82, 2.24) is 4.90 Å². The summed E-state index contributed by atoms with van der Waals surface area (Å²) >= 11 is 1.43. The Hall–Kier alpha value is -2.07. The normalized spacial score (nSPS) is 21.2. The van der Waals surface area contributed by atoms with Crippen molar-refractivity contribution in [1.29, 1.82) is 5.26 Å².